The van der Waals surface area contributed by atoms with E-state index >= 15 is 0 Å². The Balaban J connectivity index is 1.58. The van der Waals surface area contributed by atoms with Gasteiger partial charge in [-0.05, 0) is 236 Å². The third kappa shape index (κ3) is 20.9. The highest BCUT2D eigenvalue weighted by molar-refractivity contribution is 5.90. The van der Waals surface area contributed by atoms with Crippen LogP contribution in [0.25, 0.3) is 0 Å². The van der Waals surface area contributed by atoms with Gasteiger partial charge in [-0.3, -0.25) is 4.79 Å². The molecule has 0 unspecified atom stereocenters. The van der Waals surface area contributed by atoms with Gasteiger partial charge in [-0.25, -0.2) is 0 Å². The lowest BCUT2D eigenvalue weighted by Crippen LogP contribution is -2.43. The van der Waals surface area contributed by atoms with Crippen molar-refractivity contribution in [2.24, 2.45) is 35.5 Å². The predicted molar refractivity (Wildman–Crippen MR) is 349 cm³/mol. The van der Waals surface area contributed by atoms with Crippen molar-refractivity contribution in [2.45, 2.75) is 346 Å². The number of allylic oxidation sites excluding steroid dienone is 4. The molecule has 0 saturated carbocycles. The molecular weight excluding hydrogens is 977 g/mol. The van der Waals surface area contributed by atoms with Gasteiger partial charge in [-0.2, -0.15) is 0 Å². The molecule has 0 aromatic heterocycles. The molecule has 0 spiro atoms. The van der Waals surface area contributed by atoms with E-state index in [1.165, 1.54) is 140 Å². The minimum absolute atomic E-state index is 0.229. The fourth-order valence-corrected chi connectivity index (χ4v) is 14.6. The van der Waals surface area contributed by atoms with Crippen molar-refractivity contribution in [1.82, 2.24) is 0 Å². The summed E-state index contributed by atoms with van der Waals surface area (Å²) in [6, 6.07) is 0. The van der Waals surface area contributed by atoms with Crippen LogP contribution in [0.2, 0.25) is 0 Å². The van der Waals surface area contributed by atoms with Gasteiger partial charge in [0, 0.05) is 0 Å². The van der Waals surface area contributed by atoms with Crippen molar-refractivity contribution in [3.8, 4) is 11.5 Å². The van der Waals surface area contributed by atoms with Crippen LogP contribution in [0.15, 0.2) is 24.3 Å². The number of carbonyl (C=O) groups is 1. The van der Waals surface area contributed by atoms with Crippen molar-refractivity contribution < 1.29 is 19.4 Å². The van der Waals surface area contributed by atoms with E-state index in [1.54, 1.807) is 0 Å². The Labute approximate surface area is 496 Å². The first-order valence-corrected chi connectivity index (χ1v) is 34.2. The molecule has 0 bridgehead atoms. The topological polar surface area (TPSA) is 55.8 Å². The quantitative estimate of drug-likeness (QED) is 0.0534. The number of unbranched alkanes of at least 4 members (excludes halogenated alkanes) is 7. The van der Waals surface area contributed by atoms with Gasteiger partial charge in [0.15, 0.2) is 0 Å². The summed E-state index contributed by atoms with van der Waals surface area (Å²) >= 11 is 0. The molecule has 456 valence electrons. The first-order valence-electron chi connectivity index (χ1n) is 34.2. The normalized spacial score (nSPS) is 19.1. The average Bonchev–Trinajstić information content (AvgIpc) is 3.40. The van der Waals surface area contributed by atoms with Gasteiger partial charge in [0.05, 0.1) is 0 Å². The summed E-state index contributed by atoms with van der Waals surface area (Å²) in [5, 5.41) is 12.3. The maximum atomic E-state index is 15.0. The average molecular weight is 1110 g/mol. The summed E-state index contributed by atoms with van der Waals surface area (Å²) in [6.07, 6.45) is 48.1. The Kier molecular flexibility index (Phi) is 30.1. The van der Waals surface area contributed by atoms with Crippen molar-refractivity contribution >= 4 is 5.97 Å². The van der Waals surface area contributed by atoms with E-state index in [4.69, 9.17) is 9.47 Å². The SMILES string of the molecule is CCCCCC=CCC=CCCCCCCC(C(=O)O)(c1c(C)c(C)c2c(c1C)CC[C@@](C)(CCC[C@H](C)CCC[C@H](C)CCCC(C)C)O2)c1c(C)c(C)c2c(c1C)CC[C@@](C)(CCC[C@H](C)CCC[C@H](C)CCCC(C)C)O2. The van der Waals surface area contributed by atoms with Crippen LogP contribution in [-0.4, -0.2) is 22.3 Å². The molecule has 80 heavy (non-hydrogen) atoms. The predicted octanol–water partition coefficient (Wildman–Crippen LogP) is 23.4. The highest BCUT2D eigenvalue weighted by Crippen LogP contribution is 2.53. The molecule has 4 heteroatoms. The van der Waals surface area contributed by atoms with Gasteiger partial charge in [-0.15, -0.1) is 0 Å². The van der Waals surface area contributed by atoms with Gasteiger partial charge in [0.2, 0.25) is 0 Å². The minimum Gasteiger partial charge on any atom is -0.487 e. The highest BCUT2D eigenvalue weighted by Gasteiger charge is 2.49. The van der Waals surface area contributed by atoms with Crippen LogP contribution in [0, 0.1) is 77.0 Å². The molecule has 4 rings (SSSR count). The minimum atomic E-state index is -1.21. The molecular formula is C76H128O4. The van der Waals surface area contributed by atoms with Crippen LogP contribution in [0.4, 0.5) is 0 Å². The second-order valence-corrected chi connectivity index (χ2v) is 28.8. The third-order valence-electron chi connectivity index (χ3n) is 20.3. The van der Waals surface area contributed by atoms with Crippen molar-refractivity contribution in [3.63, 3.8) is 0 Å². The van der Waals surface area contributed by atoms with Crippen LogP contribution in [0.5, 0.6) is 11.5 Å². The molecule has 0 saturated heterocycles. The lowest BCUT2D eigenvalue weighted by molar-refractivity contribution is -0.142. The lowest BCUT2D eigenvalue weighted by Gasteiger charge is -2.43. The maximum Gasteiger partial charge on any atom is 0.318 e. The Hall–Kier alpha value is -3.01. The van der Waals surface area contributed by atoms with Gasteiger partial charge < -0.3 is 14.6 Å². The summed E-state index contributed by atoms with van der Waals surface area (Å²) < 4.78 is 14.5. The number of hydrogen-bond acceptors (Lipinski definition) is 3. The molecule has 2 aliphatic heterocycles. The third-order valence-corrected chi connectivity index (χ3v) is 20.3. The number of rotatable bonds is 40. The maximum absolute atomic E-state index is 15.0. The number of hydrogen-bond donors (Lipinski definition) is 1. The van der Waals surface area contributed by atoms with Crippen LogP contribution in [0.3, 0.4) is 0 Å². The Bertz CT molecular complexity index is 2080. The molecule has 2 aromatic rings. The van der Waals surface area contributed by atoms with E-state index in [2.05, 4.69) is 142 Å². The molecule has 0 radical (unpaired) electrons. The molecule has 0 fully saturated rings. The van der Waals surface area contributed by atoms with Gasteiger partial charge >= 0.3 is 5.97 Å². The number of carboxylic acid groups (broad SMARTS) is 1. The van der Waals surface area contributed by atoms with Crippen molar-refractivity contribution in [3.05, 3.63) is 79.9 Å². The second-order valence-electron chi connectivity index (χ2n) is 28.8. The number of fused-ring (bicyclic) bond motifs is 2. The van der Waals surface area contributed by atoms with Crippen molar-refractivity contribution in [2.75, 3.05) is 0 Å². The molecule has 2 aliphatic rings. The fourth-order valence-electron chi connectivity index (χ4n) is 14.6. The summed E-state index contributed by atoms with van der Waals surface area (Å²) in [4.78, 5) is 15.0. The Morgan fingerprint density at radius 2 is 0.838 bits per heavy atom. The fraction of sp³-hybridized carbons (Fsp3) is 0.776. The van der Waals surface area contributed by atoms with E-state index in [9.17, 15) is 9.90 Å². The van der Waals surface area contributed by atoms with Crippen LogP contribution in [0.1, 0.15) is 331 Å². The zero-order chi connectivity index (χ0) is 59.0. The van der Waals surface area contributed by atoms with Crippen molar-refractivity contribution in [1.29, 1.82) is 0 Å². The van der Waals surface area contributed by atoms with Crippen LogP contribution >= 0.6 is 0 Å². The highest BCUT2D eigenvalue weighted by atomic mass is 16.5. The second kappa shape index (κ2) is 34.7. The standard InChI is InChI=1S/C76H128O4/c1-18-19-20-21-22-23-24-25-26-27-28-29-30-31-52-76(73(77)78,69-61(10)63(12)71-67(65(69)14)48-53-74(16,79-71)50-36-46-59(8)44-34-42-57(6)40-32-38-55(2)3)70-62(11)64(13)72-68(66(70)15)49-54-75(17,80-72)51-37-47-60(9)45-35-43-58(7)41-33-39-56(4)5/h22-23,25-26,55-60H,18-21,24,27-54H2,1-17H3,(H,77,78)/t57-,58-,59-,60-,74-,75-/m1/s1. The summed E-state index contributed by atoms with van der Waals surface area (Å²) in [5.41, 5.74) is 9.53. The molecule has 2 aromatic carbocycles. The number of ether oxygens (including phenoxy) is 2. The molecule has 6 atom stereocenters. The first-order chi connectivity index (χ1) is 38.0. The van der Waals surface area contributed by atoms with E-state index in [0.29, 0.717) is 6.42 Å². The van der Waals surface area contributed by atoms with E-state index in [-0.39, 0.29) is 11.2 Å². The van der Waals surface area contributed by atoms with E-state index < -0.39 is 11.4 Å². The van der Waals surface area contributed by atoms with Crippen LogP contribution < -0.4 is 9.47 Å². The van der Waals surface area contributed by atoms with E-state index in [1.807, 2.05) is 0 Å². The van der Waals surface area contributed by atoms with Gasteiger partial charge in [-0.1, -0.05) is 209 Å². The molecule has 2 heterocycles. The number of benzene rings is 2. The largest absolute Gasteiger partial charge is 0.487 e. The Morgan fingerprint density at radius 1 is 0.475 bits per heavy atom. The molecule has 0 amide bonds. The first kappa shape index (κ1) is 69.5. The summed E-state index contributed by atoms with van der Waals surface area (Å²) in [7, 11) is 0. The van der Waals surface area contributed by atoms with Crippen LogP contribution in [-0.2, 0) is 23.1 Å². The Morgan fingerprint density at radius 3 is 1.21 bits per heavy atom. The zero-order valence-corrected chi connectivity index (χ0v) is 55.8. The smallest absolute Gasteiger partial charge is 0.318 e. The summed E-state index contributed by atoms with van der Waals surface area (Å²) in [5.74, 6) is 6.09. The molecule has 1 N–H and O–H groups in total. The summed E-state index contributed by atoms with van der Waals surface area (Å²) in [6.45, 7) is 39.5. The lowest BCUT2D eigenvalue weighted by atomic mass is 9.63. The molecule has 0 aliphatic carbocycles. The van der Waals surface area contributed by atoms with Gasteiger partial charge in [0.25, 0.3) is 0 Å². The number of aliphatic carboxylic acids is 1. The van der Waals surface area contributed by atoms with Gasteiger partial charge in [0.1, 0.15) is 28.1 Å². The zero-order valence-electron chi connectivity index (χ0n) is 55.8. The number of carboxylic acids is 1. The monoisotopic (exact) mass is 1100 g/mol. The molecule has 4 nitrogen and oxygen atoms in total. The van der Waals surface area contributed by atoms with E-state index in [0.717, 1.165) is 169 Å².